The average molecular weight is 958 g/mol. The monoisotopic (exact) mass is 957 g/mol. The van der Waals surface area contributed by atoms with Crippen molar-refractivity contribution in [1.29, 1.82) is 0 Å². The summed E-state index contributed by atoms with van der Waals surface area (Å²) >= 11 is 0. The highest BCUT2D eigenvalue weighted by atomic mass is 16.6. The normalized spacial score (nSPS) is 12.9. The fourth-order valence-electron chi connectivity index (χ4n) is 7.41. The van der Waals surface area contributed by atoms with Crippen LogP contribution in [0.25, 0.3) is 0 Å². The second kappa shape index (κ2) is 56.7. The lowest BCUT2D eigenvalue weighted by atomic mass is 10.1. The molecular weight excluding hydrogens is 853 g/mol. The summed E-state index contributed by atoms with van der Waals surface area (Å²) in [4.78, 5) is 38.1. The molecule has 392 valence electrons. The van der Waals surface area contributed by atoms with Crippen LogP contribution in [0.1, 0.15) is 252 Å². The van der Waals surface area contributed by atoms with Gasteiger partial charge < -0.3 is 14.2 Å². The highest BCUT2D eigenvalue weighted by Gasteiger charge is 2.19. The van der Waals surface area contributed by atoms with Gasteiger partial charge in [-0.2, -0.15) is 0 Å². The molecule has 0 aliphatic heterocycles. The molecule has 0 bridgehead atoms. The molecule has 0 aromatic heterocycles. The Morgan fingerprint density at radius 3 is 0.855 bits per heavy atom. The minimum absolute atomic E-state index is 0.113. The molecule has 1 atom stereocenters. The molecule has 0 rings (SSSR count). The van der Waals surface area contributed by atoms with Gasteiger partial charge in [-0.3, -0.25) is 14.4 Å². The lowest BCUT2D eigenvalue weighted by Crippen LogP contribution is -2.30. The summed E-state index contributed by atoms with van der Waals surface area (Å²) in [6, 6.07) is 0. The Morgan fingerprint density at radius 1 is 0.290 bits per heavy atom. The number of carbonyl (C=O) groups is 3. The number of unbranched alkanes of at least 4 members (excludes halogenated alkanes) is 21. The number of hydrogen-bond acceptors (Lipinski definition) is 6. The van der Waals surface area contributed by atoms with Crippen molar-refractivity contribution in [3.63, 3.8) is 0 Å². The van der Waals surface area contributed by atoms with Crippen molar-refractivity contribution in [2.75, 3.05) is 13.2 Å². The van der Waals surface area contributed by atoms with Crippen molar-refractivity contribution in [2.45, 2.75) is 258 Å². The lowest BCUT2D eigenvalue weighted by molar-refractivity contribution is -0.167. The molecule has 0 heterocycles. The van der Waals surface area contributed by atoms with Gasteiger partial charge in [-0.25, -0.2) is 0 Å². The average Bonchev–Trinajstić information content (AvgIpc) is 3.35. The Labute approximate surface area is 425 Å². The first kappa shape index (κ1) is 65.1. The van der Waals surface area contributed by atoms with E-state index in [9.17, 15) is 14.4 Å². The molecule has 0 aromatic carbocycles. The molecule has 6 nitrogen and oxygen atoms in total. The molecule has 0 saturated carbocycles. The maximum Gasteiger partial charge on any atom is 0.306 e. The third-order valence-electron chi connectivity index (χ3n) is 11.7. The zero-order chi connectivity index (χ0) is 50.0. The van der Waals surface area contributed by atoms with E-state index in [4.69, 9.17) is 14.2 Å². The molecule has 6 heteroatoms. The minimum atomic E-state index is -0.822. The van der Waals surface area contributed by atoms with Crippen LogP contribution >= 0.6 is 0 Å². The predicted molar refractivity (Wildman–Crippen MR) is 297 cm³/mol. The maximum absolute atomic E-state index is 12.8. The zero-order valence-electron chi connectivity index (χ0n) is 44.8. The van der Waals surface area contributed by atoms with E-state index in [1.165, 1.54) is 103 Å². The number of carbonyl (C=O) groups excluding carboxylic acids is 3. The molecule has 0 saturated heterocycles. The number of hydrogen-bond donors (Lipinski definition) is 0. The molecule has 0 aliphatic carbocycles. The van der Waals surface area contributed by atoms with Gasteiger partial charge >= 0.3 is 17.9 Å². The van der Waals surface area contributed by atoms with Crippen molar-refractivity contribution in [3.05, 3.63) is 109 Å². The summed E-state index contributed by atoms with van der Waals surface area (Å²) in [6.45, 7) is 6.48. The maximum atomic E-state index is 12.8. The third-order valence-corrected chi connectivity index (χ3v) is 11.7. The number of allylic oxidation sites excluding steroid dienone is 18. The van der Waals surface area contributed by atoms with Gasteiger partial charge in [-0.05, 0) is 128 Å². The van der Waals surface area contributed by atoms with Gasteiger partial charge in [0.15, 0.2) is 6.10 Å². The van der Waals surface area contributed by atoms with Crippen LogP contribution in [0.5, 0.6) is 0 Å². The second-order valence-corrected chi connectivity index (χ2v) is 18.5. The van der Waals surface area contributed by atoms with Crippen molar-refractivity contribution in [1.82, 2.24) is 0 Å². The molecule has 0 radical (unpaired) electrons. The standard InChI is InChI=1S/C63H104O6/c1-4-7-10-13-16-19-22-25-28-31-34-37-40-43-46-49-52-55-61(64)67-58-60(69-63(66)57-54-51-48-45-42-39-36-33-30-27-24-21-18-15-12-9-6-3)59-68-62(65)56-53-50-47-44-41-38-35-32-29-26-23-20-17-14-11-8-5-2/h16-21,25-30,34,36-37,39,45,48,60H,4-15,22-24,31-33,35,38,40-44,46-47,49-59H2,1-3H3/b19-16-,20-17-,21-18-,28-25-,29-26-,30-27-,37-34-,39-36-,48-45-/t60-/m1/s1. The zero-order valence-corrected chi connectivity index (χ0v) is 44.8. The van der Waals surface area contributed by atoms with Gasteiger partial charge in [0, 0.05) is 19.3 Å². The van der Waals surface area contributed by atoms with Crippen molar-refractivity contribution in [2.24, 2.45) is 0 Å². The van der Waals surface area contributed by atoms with E-state index in [1.807, 2.05) is 0 Å². The second-order valence-electron chi connectivity index (χ2n) is 18.5. The van der Waals surface area contributed by atoms with Crippen molar-refractivity contribution < 1.29 is 28.6 Å². The fraction of sp³-hybridized carbons (Fsp3) is 0.667. The topological polar surface area (TPSA) is 78.9 Å². The molecule has 0 fully saturated rings. The summed E-state index contributed by atoms with van der Waals surface area (Å²) in [5.41, 5.74) is 0. The van der Waals surface area contributed by atoms with Gasteiger partial charge in [-0.1, -0.05) is 214 Å². The molecule has 69 heavy (non-hydrogen) atoms. The molecule has 0 unspecified atom stereocenters. The predicted octanol–water partition coefficient (Wildman–Crippen LogP) is 19.1. The third kappa shape index (κ3) is 54.9. The molecule has 0 spiro atoms. The highest BCUT2D eigenvalue weighted by Crippen LogP contribution is 2.13. The van der Waals surface area contributed by atoms with Crippen LogP contribution in [-0.4, -0.2) is 37.2 Å². The molecular formula is C63H104O6. The van der Waals surface area contributed by atoms with Crippen molar-refractivity contribution >= 4 is 17.9 Å². The van der Waals surface area contributed by atoms with Crippen LogP contribution in [0.3, 0.4) is 0 Å². The molecule has 0 aliphatic rings. The summed E-state index contributed by atoms with van der Waals surface area (Å²) < 4.78 is 16.8. The van der Waals surface area contributed by atoms with Gasteiger partial charge in [0.25, 0.3) is 0 Å². The van der Waals surface area contributed by atoms with E-state index >= 15 is 0 Å². The lowest BCUT2D eigenvalue weighted by Gasteiger charge is -2.18. The van der Waals surface area contributed by atoms with Crippen LogP contribution in [0, 0.1) is 0 Å². The van der Waals surface area contributed by atoms with Gasteiger partial charge in [0.2, 0.25) is 0 Å². The van der Waals surface area contributed by atoms with E-state index in [2.05, 4.69) is 130 Å². The van der Waals surface area contributed by atoms with Crippen LogP contribution in [-0.2, 0) is 28.6 Å². The van der Waals surface area contributed by atoms with E-state index in [1.54, 1.807) is 0 Å². The number of rotatable bonds is 50. The van der Waals surface area contributed by atoms with E-state index < -0.39 is 6.10 Å². The Kier molecular flexibility index (Phi) is 53.4. The van der Waals surface area contributed by atoms with Crippen LogP contribution in [0.15, 0.2) is 109 Å². The van der Waals surface area contributed by atoms with E-state index in [0.717, 1.165) is 103 Å². The highest BCUT2D eigenvalue weighted by molar-refractivity contribution is 5.71. The minimum Gasteiger partial charge on any atom is -0.462 e. The van der Waals surface area contributed by atoms with Crippen LogP contribution in [0.2, 0.25) is 0 Å². The summed E-state index contributed by atoms with van der Waals surface area (Å²) in [5, 5.41) is 0. The first-order valence-corrected chi connectivity index (χ1v) is 28.4. The Morgan fingerprint density at radius 2 is 0.536 bits per heavy atom. The van der Waals surface area contributed by atoms with Gasteiger partial charge in [0.1, 0.15) is 13.2 Å². The molecule has 0 N–H and O–H groups in total. The first-order chi connectivity index (χ1) is 34.0. The van der Waals surface area contributed by atoms with E-state index in [0.29, 0.717) is 19.3 Å². The SMILES string of the molecule is CCCCC/C=C\C/C=C\C/C=C\C/C=C\CCCC(=O)O[C@H](COC(=O)CCCCCC/C=C\C/C=C\C/C=C\CCCCC)COC(=O)CCCCCCCCC/C=C\C/C=C\CCCCC. The Bertz CT molecular complexity index is 1420. The Hall–Kier alpha value is -3.93. The fourth-order valence-corrected chi connectivity index (χ4v) is 7.41. The van der Waals surface area contributed by atoms with Crippen molar-refractivity contribution in [3.8, 4) is 0 Å². The van der Waals surface area contributed by atoms with Crippen LogP contribution < -0.4 is 0 Å². The first-order valence-electron chi connectivity index (χ1n) is 28.4. The van der Waals surface area contributed by atoms with Crippen LogP contribution in [0.4, 0.5) is 0 Å². The smallest absolute Gasteiger partial charge is 0.306 e. The number of ether oxygens (including phenoxy) is 3. The quantitative estimate of drug-likeness (QED) is 0.0262. The summed E-state index contributed by atoms with van der Waals surface area (Å²) in [7, 11) is 0. The van der Waals surface area contributed by atoms with E-state index in [-0.39, 0.29) is 37.5 Å². The largest absolute Gasteiger partial charge is 0.462 e. The molecule has 0 aromatic rings. The summed E-state index contributed by atoms with van der Waals surface area (Å²) in [6.07, 6.45) is 76.4. The van der Waals surface area contributed by atoms with Gasteiger partial charge in [0.05, 0.1) is 0 Å². The molecule has 0 amide bonds. The Balaban J connectivity index is 4.54. The van der Waals surface area contributed by atoms with Gasteiger partial charge in [-0.15, -0.1) is 0 Å². The number of esters is 3. The summed E-state index contributed by atoms with van der Waals surface area (Å²) in [5.74, 6) is -1.000.